The Morgan fingerprint density at radius 1 is 1.44 bits per heavy atom. The quantitative estimate of drug-likeness (QED) is 0.888. The molecule has 2 rings (SSSR count). The highest BCUT2D eigenvalue weighted by molar-refractivity contribution is 5.37. The Labute approximate surface area is 103 Å². The van der Waals surface area contributed by atoms with Crippen LogP contribution in [0.4, 0.5) is 4.39 Å². The lowest BCUT2D eigenvalue weighted by atomic mass is 10.1. The molecule has 6 heteroatoms. The van der Waals surface area contributed by atoms with Gasteiger partial charge in [0.2, 0.25) is 5.89 Å². The van der Waals surface area contributed by atoms with Crippen LogP contribution in [0.5, 0.6) is 0 Å². The van der Waals surface area contributed by atoms with Crippen molar-refractivity contribution in [3.8, 4) is 6.07 Å². The third-order valence-corrected chi connectivity index (χ3v) is 2.35. The molecule has 0 spiro atoms. The Kier molecular flexibility index (Phi) is 3.65. The molecule has 0 fully saturated rings. The number of rotatable bonds is 4. The molecule has 0 saturated carbocycles. The maximum atomic E-state index is 13.1. The summed E-state index contributed by atoms with van der Waals surface area (Å²) in [5, 5.41) is 15.6. The van der Waals surface area contributed by atoms with Crippen LogP contribution in [0.25, 0.3) is 0 Å². The zero-order valence-corrected chi connectivity index (χ0v) is 9.77. The third kappa shape index (κ3) is 2.90. The molecule has 0 amide bonds. The van der Waals surface area contributed by atoms with Crippen LogP contribution in [0.1, 0.15) is 22.8 Å². The van der Waals surface area contributed by atoms with Gasteiger partial charge in [0.15, 0.2) is 5.82 Å². The SMILES string of the molecule is Cc1noc(CNCc2cc(F)ccc2C#N)n1. The molecule has 1 aromatic carbocycles. The molecule has 92 valence electrons. The second-order valence-electron chi connectivity index (χ2n) is 3.75. The number of nitrogens with one attached hydrogen (secondary N) is 1. The third-order valence-electron chi connectivity index (χ3n) is 2.35. The van der Waals surface area contributed by atoms with Crippen molar-refractivity contribution < 1.29 is 8.91 Å². The van der Waals surface area contributed by atoms with Gasteiger partial charge in [-0.1, -0.05) is 5.16 Å². The number of aryl methyl sites for hydroxylation is 1. The molecular formula is C12H11FN4O. The van der Waals surface area contributed by atoms with E-state index in [9.17, 15) is 4.39 Å². The van der Waals surface area contributed by atoms with Crippen molar-refractivity contribution in [2.75, 3.05) is 0 Å². The molecule has 18 heavy (non-hydrogen) atoms. The van der Waals surface area contributed by atoms with Crippen LogP contribution in [0.2, 0.25) is 0 Å². The van der Waals surface area contributed by atoms with Gasteiger partial charge in [-0.05, 0) is 30.7 Å². The minimum absolute atomic E-state index is 0.362. The summed E-state index contributed by atoms with van der Waals surface area (Å²) in [5.41, 5.74) is 1.05. The summed E-state index contributed by atoms with van der Waals surface area (Å²) in [6, 6.07) is 6.08. The van der Waals surface area contributed by atoms with Gasteiger partial charge in [0.25, 0.3) is 0 Å². The van der Waals surface area contributed by atoms with Crippen molar-refractivity contribution in [1.82, 2.24) is 15.5 Å². The largest absolute Gasteiger partial charge is 0.338 e. The molecule has 0 atom stereocenters. The Morgan fingerprint density at radius 2 is 2.28 bits per heavy atom. The first-order valence-electron chi connectivity index (χ1n) is 5.37. The van der Waals surface area contributed by atoms with E-state index in [1.807, 2.05) is 6.07 Å². The number of halogens is 1. The average molecular weight is 246 g/mol. The van der Waals surface area contributed by atoms with Crippen molar-refractivity contribution in [2.24, 2.45) is 0 Å². The van der Waals surface area contributed by atoms with E-state index in [0.29, 0.717) is 35.9 Å². The van der Waals surface area contributed by atoms with Crippen LogP contribution in [-0.2, 0) is 13.1 Å². The summed E-state index contributed by atoms with van der Waals surface area (Å²) in [4.78, 5) is 4.02. The van der Waals surface area contributed by atoms with E-state index in [1.165, 1.54) is 18.2 Å². The van der Waals surface area contributed by atoms with E-state index in [0.717, 1.165) is 0 Å². The van der Waals surface area contributed by atoms with Gasteiger partial charge in [-0.3, -0.25) is 0 Å². The fourth-order valence-electron chi connectivity index (χ4n) is 1.53. The summed E-state index contributed by atoms with van der Waals surface area (Å²) < 4.78 is 18.0. The highest BCUT2D eigenvalue weighted by Gasteiger charge is 2.05. The van der Waals surface area contributed by atoms with Gasteiger partial charge in [0.1, 0.15) is 5.82 Å². The molecule has 0 aliphatic heterocycles. The Hall–Kier alpha value is -2.26. The molecule has 2 aromatic rings. The number of benzene rings is 1. The van der Waals surface area contributed by atoms with Crippen LogP contribution in [-0.4, -0.2) is 10.1 Å². The second-order valence-corrected chi connectivity index (χ2v) is 3.75. The van der Waals surface area contributed by atoms with Crippen molar-refractivity contribution in [1.29, 1.82) is 5.26 Å². The zero-order chi connectivity index (χ0) is 13.0. The number of aromatic nitrogens is 2. The number of nitrogens with zero attached hydrogens (tertiary/aromatic N) is 3. The van der Waals surface area contributed by atoms with Crippen LogP contribution in [0, 0.1) is 24.1 Å². The van der Waals surface area contributed by atoms with E-state index < -0.39 is 0 Å². The summed E-state index contributed by atoms with van der Waals surface area (Å²) in [5.74, 6) is 0.664. The highest BCUT2D eigenvalue weighted by atomic mass is 19.1. The van der Waals surface area contributed by atoms with E-state index >= 15 is 0 Å². The molecular weight excluding hydrogens is 235 g/mol. The second kappa shape index (κ2) is 5.38. The van der Waals surface area contributed by atoms with E-state index in [1.54, 1.807) is 6.92 Å². The molecule has 0 saturated heterocycles. The predicted octanol–water partition coefficient (Wildman–Crippen LogP) is 1.68. The summed E-state index contributed by atoms with van der Waals surface area (Å²) in [6.07, 6.45) is 0. The lowest BCUT2D eigenvalue weighted by Crippen LogP contribution is -2.14. The first kappa shape index (κ1) is 12.2. The van der Waals surface area contributed by atoms with Gasteiger partial charge < -0.3 is 9.84 Å². The van der Waals surface area contributed by atoms with E-state index in [2.05, 4.69) is 15.5 Å². The monoisotopic (exact) mass is 246 g/mol. The topological polar surface area (TPSA) is 74.7 Å². The zero-order valence-electron chi connectivity index (χ0n) is 9.77. The molecule has 1 N–H and O–H groups in total. The molecule has 0 bridgehead atoms. The van der Waals surface area contributed by atoms with Gasteiger partial charge in [-0.15, -0.1) is 0 Å². The Morgan fingerprint density at radius 3 is 2.94 bits per heavy atom. The molecule has 0 aliphatic rings. The van der Waals surface area contributed by atoms with Crippen molar-refractivity contribution in [2.45, 2.75) is 20.0 Å². The maximum absolute atomic E-state index is 13.1. The highest BCUT2D eigenvalue weighted by Crippen LogP contribution is 2.10. The van der Waals surface area contributed by atoms with Crippen LogP contribution in [0.3, 0.4) is 0 Å². The van der Waals surface area contributed by atoms with Crippen molar-refractivity contribution in [3.05, 3.63) is 46.9 Å². The minimum Gasteiger partial charge on any atom is -0.338 e. The van der Waals surface area contributed by atoms with Gasteiger partial charge in [0, 0.05) is 6.54 Å². The van der Waals surface area contributed by atoms with Gasteiger partial charge in [0.05, 0.1) is 18.2 Å². The number of nitriles is 1. The summed E-state index contributed by atoms with van der Waals surface area (Å²) in [7, 11) is 0. The lowest BCUT2D eigenvalue weighted by Gasteiger charge is -2.04. The van der Waals surface area contributed by atoms with Gasteiger partial charge in [-0.2, -0.15) is 10.2 Å². The Bertz CT molecular complexity index is 588. The van der Waals surface area contributed by atoms with E-state index in [-0.39, 0.29) is 5.82 Å². The van der Waals surface area contributed by atoms with Crippen molar-refractivity contribution >= 4 is 0 Å². The molecule has 0 unspecified atom stereocenters. The normalized spacial score (nSPS) is 10.3. The van der Waals surface area contributed by atoms with Gasteiger partial charge >= 0.3 is 0 Å². The Balaban J connectivity index is 1.98. The summed E-state index contributed by atoms with van der Waals surface area (Å²) in [6.45, 7) is 2.47. The van der Waals surface area contributed by atoms with Crippen LogP contribution >= 0.6 is 0 Å². The molecule has 5 nitrogen and oxygen atoms in total. The van der Waals surface area contributed by atoms with Crippen molar-refractivity contribution in [3.63, 3.8) is 0 Å². The number of hydrogen-bond acceptors (Lipinski definition) is 5. The smallest absolute Gasteiger partial charge is 0.240 e. The predicted molar refractivity (Wildman–Crippen MR) is 60.7 cm³/mol. The number of hydrogen-bond donors (Lipinski definition) is 1. The molecule has 1 heterocycles. The fraction of sp³-hybridized carbons (Fsp3) is 0.250. The van der Waals surface area contributed by atoms with Gasteiger partial charge in [-0.25, -0.2) is 4.39 Å². The maximum Gasteiger partial charge on any atom is 0.240 e. The van der Waals surface area contributed by atoms with Crippen LogP contribution < -0.4 is 5.32 Å². The average Bonchev–Trinajstić information content (AvgIpc) is 2.75. The first-order valence-corrected chi connectivity index (χ1v) is 5.37. The standard InChI is InChI=1S/C12H11FN4O/c1-8-16-12(18-17-8)7-15-6-10-4-11(13)3-2-9(10)5-14/h2-4,15H,6-7H2,1H3. The first-order chi connectivity index (χ1) is 8.69. The lowest BCUT2D eigenvalue weighted by molar-refractivity contribution is 0.364. The minimum atomic E-state index is -0.362. The molecule has 0 radical (unpaired) electrons. The molecule has 0 aliphatic carbocycles. The summed E-state index contributed by atoms with van der Waals surface area (Å²) >= 11 is 0. The van der Waals surface area contributed by atoms with E-state index in [4.69, 9.17) is 9.78 Å². The van der Waals surface area contributed by atoms with Crippen LogP contribution in [0.15, 0.2) is 22.7 Å². The fourth-order valence-corrected chi connectivity index (χ4v) is 1.53. The molecule has 1 aromatic heterocycles.